The first-order valence-electron chi connectivity index (χ1n) is 3.51. The lowest BCUT2D eigenvalue weighted by Gasteiger charge is -2.01. The van der Waals surface area contributed by atoms with Crippen molar-refractivity contribution in [1.82, 2.24) is 0 Å². The lowest BCUT2D eigenvalue weighted by atomic mass is 10.1. The average Bonchev–Trinajstić information content (AvgIpc) is 2.47. The van der Waals surface area contributed by atoms with Crippen LogP contribution in [-0.4, -0.2) is 23.4 Å². The Morgan fingerprint density at radius 3 is 2.80 bits per heavy atom. The molecule has 0 aromatic rings. The normalized spacial score (nSPS) is 32.9. The Hall–Kier alpha value is -0.520. The van der Waals surface area contributed by atoms with Crippen molar-refractivity contribution in [3.63, 3.8) is 0 Å². The molecule has 1 fully saturated rings. The van der Waals surface area contributed by atoms with Crippen LogP contribution in [0.25, 0.3) is 0 Å². The van der Waals surface area contributed by atoms with Crippen LogP contribution >= 0.6 is 0 Å². The second-order valence-corrected chi connectivity index (χ2v) is 2.68. The summed E-state index contributed by atoms with van der Waals surface area (Å²) in [6.45, 7) is 1.99. The van der Waals surface area contributed by atoms with Crippen molar-refractivity contribution in [2.45, 2.75) is 38.1 Å². The summed E-state index contributed by atoms with van der Waals surface area (Å²) in [7, 11) is 0. The summed E-state index contributed by atoms with van der Waals surface area (Å²) < 4.78 is 5.11. The highest BCUT2D eigenvalue weighted by Gasteiger charge is 2.35. The van der Waals surface area contributed by atoms with E-state index in [1.807, 2.05) is 6.92 Å². The molecule has 2 nitrogen and oxygen atoms in total. The lowest BCUT2D eigenvalue weighted by molar-refractivity contribution is 0.157. The van der Waals surface area contributed by atoms with Crippen LogP contribution in [0.1, 0.15) is 19.8 Å². The Balaban J connectivity index is 2.08. The third-order valence-electron chi connectivity index (χ3n) is 1.69. The van der Waals surface area contributed by atoms with Crippen LogP contribution in [0.3, 0.4) is 0 Å². The van der Waals surface area contributed by atoms with Gasteiger partial charge in [0.05, 0.1) is 18.3 Å². The number of aliphatic hydroxyl groups is 1. The van der Waals surface area contributed by atoms with Crippen molar-refractivity contribution in [3.05, 3.63) is 0 Å². The molecular weight excluding hydrogens is 128 g/mol. The van der Waals surface area contributed by atoms with Gasteiger partial charge in [0.25, 0.3) is 0 Å². The summed E-state index contributed by atoms with van der Waals surface area (Å²) in [6, 6.07) is 0. The highest BCUT2D eigenvalue weighted by Crippen LogP contribution is 2.26. The zero-order chi connectivity index (χ0) is 7.56. The van der Waals surface area contributed by atoms with E-state index in [0.717, 1.165) is 0 Å². The average molecular weight is 140 g/mol. The molecule has 1 saturated heterocycles. The van der Waals surface area contributed by atoms with Gasteiger partial charge in [0.15, 0.2) is 0 Å². The molecule has 0 unspecified atom stereocenters. The van der Waals surface area contributed by atoms with Crippen LogP contribution in [0.15, 0.2) is 0 Å². The zero-order valence-electron chi connectivity index (χ0n) is 6.08. The molecule has 3 atom stereocenters. The molecule has 1 N–H and O–H groups in total. The van der Waals surface area contributed by atoms with Crippen molar-refractivity contribution < 1.29 is 9.84 Å². The Morgan fingerprint density at radius 2 is 2.40 bits per heavy atom. The van der Waals surface area contributed by atoms with E-state index >= 15 is 0 Å². The Morgan fingerprint density at radius 1 is 1.80 bits per heavy atom. The Bertz CT molecular complexity index is 148. The molecule has 0 amide bonds. The maximum Gasteiger partial charge on any atom is 0.0864 e. The molecule has 0 saturated carbocycles. The topological polar surface area (TPSA) is 32.8 Å². The van der Waals surface area contributed by atoms with Gasteiger partial charge in [-0.3, -0.25) is 0 Å². The number of aliphatic hydroxyl groups excluding tert-OH is 1. The molecule has 0 aromatic heterocycles. The maximum absolute atomic E-state index is 9.15. The van der Waals surface area contributed by atoms with Crippen LogP contribution in [-0.2, 0) is 4.74 Å². The van der Waals surface area contributed by atoms with E-state index in [1.54, 1.807) is 0 Å². The fraction of sp³-hybridized carbons (Fsp3) is 0.750. The molecule has 0 spiro atoms. The summed E-state index contributed by atoms with van der Waals surface area (Å²) >= 11 is 0. The minimum absolute atomic E-state index is 0.253. The second kappa shape index (κ2) is 3.05. The maximum atomic E-state index is 9.15. The van der Waals surface area contributed by atoms with E-state index < -0.39 is 0 Å². The molecule has 0 radical (unpaired) electrons. The Labute approximate surface area is 61.2 Å². The minimum Gasteiger partial charge on any atom is -0.392 e. The van der Waals surface area contributed by atoms with E-state index in [4.69, 9.17) is 16.3 Å². The molecule has 0 bridgehead atoms. The third-order valence-corrected chi connectivity index (χ3v) is 1.69. The van der Waals surface area contributed by atoms with Crippen molar-refractivity contribution in [3.8, 4) is 12.3 Å². The van der Waals surface area contributed by atoms with Crippen molar-refractivity contribution in [2.75, 3.05) is 0 Å². The molecule has 10 heavy (non-hydrogen) atoms. The fourth-order valence-corrected chi connectivity index (χ4v) is 0.965. The SMILES string of the molecule is C#CC[C@H](O)C[C@@H]1O[C@@H]1C. The number of rotatable bonds is 3. The van der Waals surface area contributed by atoms with E-state index in [9.17, 15) is 0 Å². The number of ether oxygens (including phenoxy) is 1. The predicted octanol–water partition coefficient (Wildman–Crippen LogP) is 0.548. The van der Waals surface area contributed by atoms with Crippen LogP contribution in [0.5, 0.6) is 0 Å². The smallest absolute Gasteiger partial charge is 0.0864 e. The van der Waals surface area contributed by atoms with E-state index in [2.05, 4.69) is 5.92 Å². The van der Waals surface area contributed by atoms with Gasteiger partial charge in [-0.1, -0.05) is 0 Å². The van der Waals surface area contributed by atoms with Gasteiger partial charge in [-0.15, -0.1) is 12.3 Å². The fourth-order valence-electron chi connectivity index (χ4n) is 0.965. The molecule has 1 aliphatic heterocycles. The van der Waals surface area contributed by atoms with Gasteiger partial charge in [0.2, 0.25) is 0 Å². The van der Waals surface area contributed by atoms with Crippen molar-refractivity contribution >= 4 is 0 Å². The highest BCUT2D eigenvalue weighted by atomic mass is 16.6. The molecule has 1 rings (SSSR count). The van der Waals surface area contributed by atoms with Crippen LogP contribution in [0.2, 0.25) is 0 Å². The first kappa shape index (κ1) is 7.59. The molecule has 1 aliphatic rings. The van der Waals surface area contributed by atoms with Crippen molar-refractivity contribution in [2.24, 2.45) is 0 Å². The zero-order valence-corrected chi connectivity index (χ0v) is 6.08. The van der Waals surface area contributed by atoms with E-state index in [0.29, 0.717) is 18.9 Å². The van der Waals surface area contributed by atoms with Crippen molar-refractivity contribution in [1.29, 1.82) is 0 Å². The van der Waals surface area contributed by atoms with Crippen LogP contribution in [0.4, 0.5) is 0 Å². The predicted molar refractivity (Wildman–Crippen MR) is 38.4 cm³/mol. The van der Waals surface area contributed by atoms with Gasteiger partial charge < -0.3 is 9.84 Å². The van der Waals surface area contributed by atoms with Gasteiger partial charge >= 0.3 is 0 Å². The minimum atomic E-state index is -0.375. The summed E-state index contributed by atoms with van der Waals surface area (Å²) in [5, 5.41) is 9.15. The van der Waals surface area contributed by atoms with Gasteiger partial charge in [0, 0.05) is 12.8 Å². The standard InChI is InChI=1S/C8H12O2/c1-3-4-7(9)5-8-6(2)10-8/h1,6-9H,4-5H2,2H3/t6-,7+,8+/m1/s1. The van der Waals surface area contributed by atoms with Gasteiger partial charge in [-0.25, -0.2) is 0 Å². The largest absolute Gasteiger partial charge is 0.392 e. The number of hydrogen-bond acceptors (Lipinski definition) is 2. The molecule has 2 heteroatoms. The van der Waals surface area contributed by atoms with E-state index in [1.165, 1.54) is 0 Å². The van der Waals surface area contributed by atoms with Crippen LogP contribution < -0.4 is 0 Å². The lowest BCUT2D eigenvalue weighted by Crippen LogP contribution is -2.09. The number of hydrogen-bond donors (Lipinski definition) is 1. The number of epoxide rings is 1. The first-order chi connectivity index (χ1) is 4.74. The summed E-state index contributed by atoms with van der Waals surface area (Å²) in [4.78, 5) is 0. The monoisotopic (exact) mass is 140 g/mol. The molecule has 0 aromatic carbocycles. The molecule has 1 heterocycles. The quantitative estimate of drug-likeness (QED) is 0.458. The molecule has 56 valence electrons. The second-order valence-electron chi connectivity index (χ2n) is 2.68. The summed E-state index contributed by atoms with van der Waals surface area (Å²) in [5.41, 5.74) is 0. The number of terminal acetylenes is 1. The Kier molecular flexibility index (Phi) is 2.31. The van der Waals surface area contributed by atoms with Gasteiger partial charge in [0.1, 0.15) is 0 Å². The molecule has 0 aliphatic carbocycles. The van der Waals surface area contributed by atoms with Gasteiger partial charge in [-0.2, -0.15) is 0 Å². The highest BCUT2D eigenvalue weighted by molar-refractivity contribution is 4.90. The van der Waals surface area contributed by atoms with Crippen LogP contribution in [0, 0.1) is 12.3 Å². The van der Waals surface area contributed by atoms with Gasteiger partial charge in [-0.05, 0) is 6.92 Å². The first-order valence-corrected chi connectivity index (χ1v) is 3.51. The summed E-state index contributed by atoms with van der Waals surface area (Å²) in [5.74, 6) is 2.41. The molecular formula is C8H12O2. The third kappa shape index (κ3) is 2.02. The van der Waals surface area contributed by atoms with E-state index in [-0.39, 0.29) is 12.2 Å². The summed E-state index contributed by atoms with van der Waals surface area (Å²) in [6.07, 6.45) is 6.34.